The van der Waals surface area contributed by atoms with E-state index in [1.165, 1.54) is 0 Å². The van der Waals surface area contributed by atoms with Gasteiger partial charge in [-0.3, -0.25) is 0 Å². The molecule has 0 saturated carbocycles. The van der Waals surface area contributed by atoms with E-state index >= 15 is 0 Å². The number of aromatic hydroxyl groups is 12. The summed E-state index contributed by atoms with van der Waals surface area (Å²) in [5, 5.41) is 122. The number of hydrogen-bond donors (Lipinski definition) is 12. The fraction of sp³-hybridized carbons (Fsp3) is 0.0606. The summed E-state index contributed by atoms with van der Waals surface area (Å²) in [6.07, 6.45) is -5.18. The maximum absolute atomic E-state index is 13.9. The van der Waals surface area contributed by atoms with Gasteiger partial charge in [-0.15, -0.1) is 0 Å². The molecule has 55 heavy (non-hydrogen) atoms. The van der Waals surface area contributed by atoms with Crippen LogP contribution in [0.4, 0.5) is 0 Å². The van der Waals surface area contributed by atoms with E-state index in [9.17, 15) is 85.3 Å². The van der Waals surface area contributed by atoms with Gasteiger partial charge in [0.1, 0.15) is 0 Å². The minimum Gasteiger partial charge on any atom is -0.504 e. The molecule has 2 aliphatic heterocycles. The van der Waals surface area contributed by atoms with Crippen LogP contribution in [0.1, 0.15) is 41.4 Å². The number of phenolic OH excluding ortho intramolecular Hbond substituents is 12. The van der Waals surface area contributed by atoms with Crippen LogP contribution in [0, 0.1) is 0 Å². The molecule has 2 atom stereocenters. The molecule has 0 radical (unpaired) electrons. The molecule has 284 valence electrons. The van der Waals surface area contributed by atoms with Crippen molar-refractivity contribution in [3.8, 4) is 80.1 Å². The van der Waals surface area contributed by atoms with Gasteiger partial charge in [-0.1, -0.05) is 0 Å². The zero-order chi connectivity index (χ0) is 40.4. The molecule has 4 aromatic carbocycles. The molecule has 4 aromatic rings. The van der Waals surface area contributed by atoms with Gasteiger partial charge < -0.3 is 85.0 Å². The third-order valence-electron chi connectivity index (χ3n) is 7.80. The van der Waals surface area contributed by atoms with E-state index in [4.69, 9.17) is 23.7 Å². The second kappa shape index (κ2) is 13.0. The Morgan fingerprint density at radius 3 is 1.25 bits per heavy atom. The minimum absolute atomic E-state index is 0.415. The maximum Gasteiger partial charge on any atom is 0.381 e. The summed E-state index contributed by atoms with van der Waals surface area (Å²) in [5.74, 6) is -26.1. The Bertz CT molecular complexity index is 2400. The van der Waals surface area contributed by atoms with Crippen molar-refractivity contribution < 1.29 is 109 Å². The van der Waals surface area contributed by atoms with Crippen molar-refractivity contribution in [2.45, 2.75) is 12.4 Å². The van der Waals surface area contributed by atoms with Gasteiger partial charge in [0.2, 0.25) is 23.4 Å². The molecule has 22 nitrogen and oxygen atoms in total. The van der Waals surface area contributed by atoms with Gasteiger partial charge in [0.15, 0.2) is 57.5 Å². The molecule has 0 fully saturated rings. The van der Waals surface area contributed by atoms with E-state index in [0.717, 1.165) is 0 Å². The van der Waals surface area contributed by atoms with Gasteiger partial charge in [0.25, 0.3) is 12.0 Å². The smallest absolute Gasteiger partial charge is 0.381 e. The molecule has 12 N–H and O–H groups in total. The summed E-state index contributed by atoms with van der Waals surface area (Å²) >= 11 is 0. The van der Waals surface area contributed by atoms with Crippen LogP contribution in [0.5, 0.6) is 69.0 Å². The molecular weight excluding hydrogens is 748 g/mol. The summed E-state index contributed by atoms with van der Waals surface area (Å²) in [6, 6.07) is 2.99. The van der Waals surface area contributed by atoms with Crippen LogP contribution < -0.4 is 0 Å². The summed E-state index contributed by atoms with van der Waals surface area (Å²) in [7, 11) is 0. The van der Waals surface area contributed by atoms with Gasteiger partial charge in [0, 0.05) is 11.1 Å². The fourth-order valence-electron chi connectivity index (χ4n) is 5.18. The lowest BCUT2D eigenvalue weighted by Gasteiger charge is -2.33. The lowest BCUT2D eigenvalue weighted by Crippen LogP contribution is -2.46. The Kier molecular flexibility index (Phi) is 8.57. The molecular formula is C33H20O22. The van der Waals surface area contributed by atoms with Crippen molar-refractivity contribution in [2.75, 3.05) is 0 Å². The van der Waals surface area contributed by atoms with E-state index in [1.54, 1.807) is 0 Å². The second-order valence-corrected chi connectivity index (χ2v) is 11.2. The Morgan fingerprint density at radius 1 is 0.455 bits per heavy atom. The first-order chi connectivity index (χ1) is 25.8. The third kappa shape index (κ3) is 6.05. The van der Waals surface area contributed by atoms with E-state index in [1.807, 2.05) is 0 Å². The number of carbonyl (C=O) groups is 5. The first kappa shape index (κ1) is 36.4. The molecule has 2 heterocycles. The monoisotopic (exact) mass is 768 g/mol. The quantitative estimate of drug-likeness (QED) is 0.0791. The van der Waals surface area contributed by atoms with Crippen LogP contribution in [-0.2, 0) is 28.5 Å². The highest BCUT2D eigenvalue weighted by Crippen LogP contribution is 2.53. The highest BCUT2D eigenvalue weighted by Gasteiger charge is 2.49. The number of rotatable bonds is 4. The standard InChI is InChI=1S/C33H20O22/c34-11-1-7(2-12(35)19(11)40)28(46)51-25-26(52-29(47)8-3-13(36)20(41)14(37)4-8)32(50)55-33-27(25)53-30(48)9-5-15(38)21(42)23(44)17(9)18-10(31(49)54-33)6-16(39)22(43)24(18)45/h1-6,27,33-45H. The van der Waals surface area contributed by atoms with Gasteiger partial charge in [-0.2, -0.15) is 0 Å². The average Bonchev–Trinajstić information content (AvgIpc) is 3.12. The molecule has 0 amide bonds. The van der Waals surface area contributed by atoms with Gasteiger partial charge in [-0.25, -0.2) is 24.0 Å². The van der Waals surface area contributed by atoms with Gasteiger partial charge in [-0.05, 0) is 36.4 Å². The van der Waals surface area contributed by atoms with Gasteiger partial charge in [0.05, 0.1) is 22.3 Å². The molecule has 22 heteroatoms. The molecule has 2 aliphatic rings. The maximum atomic E-state index is 13.9. The molecule has 0 spiro atoms. The molecule has 0 saturated heterocycles. The van der Waals surface area contributed by atoms with Crippen molar-refractivity contribution in [2.24, 2.45) is 0 Å². The molecule has 0 bridgehead atoms. The van der Waals surface area contributed by atoms with Crippen LogP contribution in [0.3, 0.4) is 0 Å². The molecule has 0 aromatic heterocycles. The second-order valence-electron chi connectivity index (χ2n) is 11.2. The lowest BCUT2D eigenvalue weighted by molar-refractivity contribution is -0.193. The van der Waals surface area contributed by atoms with Crippen LogP contribution in [0.2, 0.25) is 0 Å². The highest BCUT2D eigenvalue weighted by atomic mass is 16.7. The predicted octanol–water partition coefficient (Wildman–Crippen LogP) is 1.33. The van der Waals surface area contributed by atoms with Crippen molar-refractivity contribution >= 4 is 29.8 Å². The number of fused-ring (bicyclic) bond motifs is 4. The summed E-state index contributed by atoms with van der Waals surface area (Å²) in [5.41, 5.74) is -5.77. The van der Waals surface area contributed by atoms with Crippen LogP contribution >= 0.6 is 0 Å². The average molecular weight is 769 g/mol. The topological polar surface area (TPSA) is 374 Å². The summed E-state index contributed by atoms with van der Waals surface area (Å²) in [4.78, 5) is 67.5. The number of phenols is 12. The van der Waals surface area contributed by atoms with Crippen molar-refractivity contribution in [1.29, 1.82) is 0 Å². The molecule has 2 unspecified atom stereocenters. The zero-order valence-electron chi connectivity index (χ0n) is 26.6. The van der Waals surface area contributed by atoms with E-state index in [2.05, 4.69) is 0 Å². The first-order valence-corrected chi connectivity index (χ1v) is 14.7. The first-order valence-electron chi connectivity index (χ1n) is 14.7. The van der Waals surface area contributed by atoms with Crippen molar-refractivity contribution in [3.63, 3.8) is 0 Å². The Balaban J connectivity index is 1.57. The van der Waals surface area contributed by atoms with E-state index in [0.29, 0.717) is 36.4 Å². The van der Waals surface area contributed by atoms with Crippen molar-refractivity contribution in [3.05, 3.63) is 70.2 Å². The van der Waals surface area contributed by atoms with E-state index in [-0.39, 0.29) is 0 Å². The van der Waals surface area contributed by atoms with E-state index < -0.39 is 156 Å². The molecule has 0 aliphatic carbocycles. The number of ether oxygens (including phenoxy) is 5. The predicted molar refractivity (Wildman–Crippen MR) is 167 cm³/mol. The Hall–Kier alpha value is -8.43. The number of esters is 5. The van der Waals surface area contributed by atoms with Crippen LogP contribution in [0.15, 0.2) is 47.9 Å². The summed E-state index contributed by atoms with van der Waals surface area (Å²) in [6.45, 7) is 0. The molecule has 6 rings (SSSR count). The SMILES string of the molecule is O=C1OC2OC(=O)c3cc(O)c(O)c(O)c3-c3c(cc(O)c(O)c3O)C(=O)OC2C(OC(=O)c2cc(O)c(O)c(O)c2)=C1OC(=O)c1cc(O)c(O)c(O)c1. The Morgan fingerprint density at radius 2 is 0.818 bits per heavy atom. The van der Waals surface area contributed by atoms with Crippen LogP contribution in [-0.4, -0.2) is 104 Å². The number of carbonyl (C=O) groups excluding carboxylic acids is 5. The lowest BCUT2D eigenvalue weighted by atomic mass is 9.91. The third-order valence-corrected chi connectivity index (χ3v) is 7.80. The number of benzene rings is 4. The highest BCUT2D eigenvalue weighted by molar-refractivity contribution is 6.09. The Labute approximate surface area is 301 Å². The fourth-order valence-corrected chi connectivity index (χ4v) is 5.18. The van der Waals surface area contributed by atoms with Crippen LogP contribution in [0.25, 0.3) is 11.1 Å². The largest absolute Gasteiger partial charge is 0.504 e. The van der Waals surface area contributed by atoms with Gasteiger partial charge >= 0.3 is 29.8 Å². The normalized spacial score (nSPS) is 16.4. The minimum atomic E-state index is -2.59. The zero-order valence-corrected chi connectivity index (χ0v) is 26.6. The number of hydrogen-bond acceptors (Lipinski definition) is 22. The van der Waals surface area contributed by atoms with Crippen molar-refractivity contribution in [1.82, 2.24) is 0 Å². The summed E-state index contributed by atoms with van der Waals surface area (Å²) < 4.78 is 25.8.